The van der Waals surface area contributed by atoms with E-state index in [2.05, 4.69) is 15.4 Å². The van der Waals surface area contributed by atoms with Crippen molar-refractivity contribution in [1.82, 2.24) is 14.3 Å². The van der Waals surface area contributed by atoms with Gasteiger partial charge in [0.05, 0.1) is 17.3 Å². The normalized spacial score (nSPS) is 14.9. The number of anilines is 1. The molecule has 0 radical (unpaired) electrons. The van der Waals surface area contributed by atoms with Crippen molar-refractivity contribution in [1.29, 1.82) is 0 Å². The molecule has 1 aliphatic heterocycles. The molecule has 3 heterocycles. The van der Waals surface area contributed by atoms with Gasteiger partial charge in [0.15, 0.2) is 6.73 Å². The van der Waals surface area contributed by atoms with Gasteiger partial charge in [0, 0.05) is 30.1 Å². The third-order valence-electron chi connectivity index (χ3n) is 4.30. The smallest absolute Gasteiger partial charge is 0.312 e. The molecule has 2 aromatic rings. The molecular weight excluding hydrogens is 346 g/mol. The predicted molar refractivity (Wildman–Crippen MR) is 103 cm³/mol. The van der Waals surface area contributed by atoms with E-state index in [0.717, 1.165) is 22.7 Å². The Bertz CT molecular complexity index is 844. The van der Waals surface area contributed by atoms with Gasteiger partial charge in [-0.1, -0.05) is 0 Å². The summed E-state index contributed by atoms with van der Waals surface area (Å²) < 4.78 is 14.7. The van der Waals surface area contributed by atoms with Crippen LogP contribution < -0.4 is 5.32 Å². The summed E-state index contributed by atoms with van der Waals surface area (Å²) in [5.41, 5.74) is 2.21. The Labute approximate surface area is 159 Å². The number of hydrogen-bond acceptors (Lipinski definition) is 6. The van der Waals surface area contributed by atoms with Crippen LogP contribution in [0.5, 0.6) is 0 Å². The molecule has 27 heavy (non-hydrogen) atoms. The molecule has 1 unspecified atom stereocenters. The standard InChI is InChI=1S/C19H27N5O3/c1-6-26-13(2)24-10-14(9-22-24)16-15-7-8-23(17(15)21-11-20-16)12-27-18(25)19(3,4)5/h7-10,13,21H,6,11-12H2,1-5H3. The van der Waals surface area contributed by atoms with E-state index < -0.39 is 5.41 Å². The van der Waals surface area contributed by atoms with E-state index in [0.29, 0.717) is 13.3 Å². The van der Waals surface area contributed by atoms with Gasteiger partial charge in [-0.25, -0.2) is 4.68 Å². The van der Waals surface area contributed by atoms with Crippen LogP contribution in [0.25, 0.3) is 0 Å². The van der Waals surface area contributed by atoms with Crippen LogP contribution in [0.1, 0.15) is 52.0 Å². The lowest BCUT2D eigenvalue weighted by molar-refractivity contribution is -0.156. The maximum Gasteiger partial charge on any atom is 0.312 e. The molecule has 0 fully saturated rings. The predicted octanol–water partition coefficient (Wildman–Crippen LogP) is 3.01. The first kappa shape index (κ1) is 19.2. The molecule has 8 nitrogen and oxygen atoms in total. The van der Waals surface area contributed by atoms with Crippen molar-refractivity contribution in [3.63, 3.8) is 0 Å². The second kappa shape index (κ2) is 7.56. The Morgan fingerprint density at radius 1 is 1.41 bits per heavy atom. The summed E-state index contributed by atoms with van der Waals surface area (Å²) in [6, 6.07) is 1.97. The Hall–Kier alpha value is -2.61. The first-order valence-electron chi connectivity index (χ1n) is 9.12. The molecule has 0 bridgehead atoms. The molecule has 0 saturated carbocycles. The average Bonchev–Trinajstić information content (AvgIpc) is 3.26. The van der Waals surface area contributed by atoms with Crippen molar-refractivity contribution < 1.29 is 14.3 Å². The number of carbonyl (C=O) groups excluding carboxylic acids is 1. The molecule has 146 valence electrons. The van der Waals surface area contributed by atoms with E-state index in [1.165, 1.54) is 0 Å². The van der Waals surface area contributed by atoms with Crippen molar-refractivity contribution in [3.8, 4) is 0 Å². The highest BCUT2D eigenvalue weighted by atomic mass is 16.5. The van der Waals surface area contributed by atoms with Crippen molar-refractivity contribution in [3.05, 3.63) is 35.8 Å². The fraction of sp³-hybridized carbons (Fsp3) is 0.526. The second-order valence-corrected chi connectivity index (χ2v) is 7.46. The summed E-state index contributed by atoms with van der Waals surface area (Å²) in [6.45, 7) is 10.7. The van der Waals surface area contributed by atoms with Gasteiger partial charge in [-0.05, 0) is 40.7 Å². The van der Waals surface area contributed by atoms with Crippen molar-refractivity contribution in [2.24, 2.45) is 10.4 Å². The Balaban J connectivity index is 1.78. The number of nitrogens with zero attached hydrogens (tertiary/aromatic N) is 4. The third-order valence-corrected chi connectivity index (χ3v) is 4.30. The van der Waals surface area contributed by atoms with E-state index in [1.54, 1.807) is 10.9 Å². The number of aromatic nitrogens is 3. The zero-order valence-electron chi connectivity index (χ0n) is 16.5. The van der Waals surface area contributed by atoms with Crippen LogP contribution in [-0.2, 0) is 21.0 Å². The molecule has 1 atom stereocenters. The summed E-state index contributed by atoms with van der Waals surface area (Å²) >= 11 is 0. The molecule has 0 spiro atoms. The quantitative estimate of drug-likeness (QED) is 0.787. The highest BCUT2D eigenvalue weighted by Gasteiger charge is 2.25. The number of nitrogens with one attached hydrogen (secondary N) is 1. The molecule has 0 aliphatic carbocycles. The molecule has 8 heteroatoms. The molecule has 3 rings (SSSR count). The Morgan fingerprint density at radius 3 is 2.89 bits per heavy atom. The van der Waals surface area contributed by atoms with Crippen molar-refractivity contribution >= 4 is 17.5 Å². The van der Waals surface area contributed by atoms with Gasteiger partial charge in [-0.15, -0.1) is 0 Å². The maximum absolute atomic E-state index is 12.0. The lowest BCUT2D eigenvalue weighted by Gasteiger charge is -2.20. The molecule has 1 N–H and O–H groups in total. The van der Waals surface area contributed by atoms with Crippen LogP contribution in [0.2, 0.25) is 0 Å². The number of hydrogen-bond donors (Lipinski definition) is 1. The van der Waals surface area contributed by atoms with E-state index in [4.69, 9.17) is 9.47 Å². The molecular formula is C19H27N5O3. The van der Waals surface area contributed by atoms with Crippen LogP contribution in [0.3, 0.4) is 0 Å². The first-order chi connectivity index (χ1) is 12.8. The van der Waals surface area contributed by atoms with Gasteiger partial charge in [-0.2, -0.15) is 5.10 Å². The van der Waals surface area contributed by atoms with Gasteiger partial charge in [-0.3, -0.25) is 9.79 Å². The summed E-state index contributed by atoms with van der Waals surface area (Å²) in [5, 5.41) is 7.65. The summed E-state index contributed by atoms with van der Waals surface area (Å²) in [7, 11) is 0. The molecule has 2 aromatic heterocycles. The fourth-order valence-electron chi connectivity index (χ4n) is 2.81. The maximum atomic E-state index is 12.0. The van der Waals surface area contributed by atoms with E-state index in [-0.39, 0.29) is 18.9 Å². The highest BCUT2D eigenvalue weighted by Crippen LogP contribution is 2.26. The van der Waals surface area contributed by atoms with Crippen molar-refractivity contribution in [2.45, 2.75) is 47.6 Å². The number of aliphatic imine (C=N–C) groups is 1. The van der Waals surface area contributed by atoms with Crippen LogP contribution in [0, 0.1) is 5.41 Å². The minimum Gasteiger partial charge on any atom is -0.443 e. The topological polar surface area (TPSA) is 82.7 Å². The summed E-state index contributed by atoms with van der Waals surface area (Å²) in [6.07, 6.45) is 5.49. The van der Waals surface area contributed by atoms with Gasteiger partial charge in [0.2, 0.25) is 0 Å². The fourth-order valence-corrected chi connectivity index (χ4v) is 2.81. The first-order valence-corrected chi connectivity index (χ1v) is 9.12. The van der Waals surface area contributed by atoms with Gasteiger partial charge < -0.3 is 19.4 Å². The number of rotatable bonds is 6. The van der Waals surface area contributed by atoms with E-state index >= 15 is 0 Å². The van der Waals surface area contributed by atoms with Crippen LogP contribution in [-0.4, -0.2) is 39.3 Å². The van der Waals surface area contributed by atoms with Gasteiger partial charge in [0.25, 0.3) is 0 Å². The number of carbonyl (C=O) groups is 1. The number of esters is 1. The number of fused-ring (bicyclic) bond motifs is 1. The average molecular weight is 373 g/mol. The largest absolute Gasteiger partial charge is 0.443 e. The van der Waals surface area contributed by atoms with E-state index in [1.807, 2.05) is 57.6 Å². The van der Waals surface area contributed by atoms with Crippen LogP contribution >= 0.6 is 0 Å². The lowest BCUT2D eigenvalue weighted by Crippen LogP contribution is -2.25. The number of ether oxygens (including phenoxy) is 2. The summed E-state index contributed by atoms with van der Waals surface area (Å²) in [5.74, 6) is 0.646. The zero-order valence-corrected chi connectivity index (χ0v) is 16.5. The van der Waals surface area contributed by atoms with Crippen molar-refractivity contribution in [2.75, 3.05) is 18.6 Å². The summed E-state index contributed by atoms with van der Waals surface area (Å²) in [4.78, 5) is 16.6. The van der Waals surface area contributed by atoms with Gasteiger partial charge in [0.1, 0.15) is 18.7 Å². The third kappa shape index (κ3) is 4.05. The Kier molecular flexibility index (Phi) is 5.36. The van der Waals surface area contributed by atoms with Crippen LogP contribution in [0.15, 0.2) is 29.6 Å². The molecule has 0 saturated heterocycles. The van der Waals surface area contributed by atoms with E-state index in [9.17, 15) is 4.79 Å². The SMILES string of the molecule is CCOC(C)n1cc(C2=NCNc3c2ccn3COC(=O)C(C)(C)C)cn1. The molecule has 0 amide bonds. The molecule has 0 aromatic carbocycles. The highest BCUT2D eigenvalue weighted by molar-refractivity contribution is 6.16. The zero-order chi connectivity index (χ0) is 19.6. The van der Waals surface area contributed by atoms with Crippen LogP contribution in [0.4, 0.5) is 5.82 Å². The van der Waals surface area contributed by atoms with Gasteiger partial charge >= 0.3 is 5.97 Å². The minimum absolute atomic E-state index is 0.132. The lowest BCUT2D eigenvalue weighted by atomic mass is 9.98. The Morgan fingerprint density at radius 2 is 2.19 bits per heavy atom. The monoisotopic (exact) mass is 373 g/mol. The minimum atomic E-state index is -0.529. The second-order valence-electron chi connectivity index (χ2n) is 7.46. The molecule has 1 aliphatic rings.